The molecule has 1 heterocycles. The van der Waals surface area contributed by atoms with Gasteiger partial charge in [-0.05, 0) is 18.4 Å². The van der Waals surface area contributed by atoms with Gasteiger partial charge in [-0.25, -0.2) is 0 Å². The number of aryl methyl sites for hydroxylation is 1. The largest absolute Gasteiger partial charge is 0.469 e. The first-order valence-electron chi connectivity index (χ1n) is 5.45. The minimum atomic E-state index is -0.372. The van der Waals surface area contributed by atoms with E-state index in [0.717, 1.165) is 30.6 Å². The van der Waals surface area contributed by atoms with Crippen molar-refractivity contribution in [3.05, 3.63) is 23.7 Å². The monoisotopic (exact) mass is 196 g/mol. The van der Waals surface area contributed by atoms with Crippen molar-refractivity contribution in [2.75, 3.05) is 0 Å². The Morgan fingerprint density at radius 2 is 2.14 bits per heavy atom. The fourth-order valence-electron chi connectivity index (χ4n) is 1.82. The Bertz CT molecular complexity index is 265. The van der Waals surface area contributed by atoms with E-state index in [1.165, 1.54) is 0 Å². The number of rotatable bonds is 5. The Morgan fingerprint density at radius 3 is 2.71 bits per heavy atom. The van der Waals surface area contributed by atoms with E-state index in [1.54, 1.807) is 6.26 Å². The van der Waals surface area contributed by atoms with Crippen LogP contribution in [-0.2, 0) is 6.42 Å². The summed E-state index contributed by atoms with van der Waals surface area (Å²) in [7, 11) is 0. The first kappa shape index (κ1) is 11.3. The molecule has 14 heavy (non-hydrogen) atoms. The summed E-state index contributed by atoms with van der Waals surface area (Å²) in [5.41, 5.74) is 0.966. The third-order valence-corrected chi connectivity index (χ3v) is 2.70. The van der Waals surface area contributed by atoms with E-state index in [0.29, 0.717) is 5.92 Å². The molecule has 0 saturated heterocycles. The maximum absolute atomic E-state index is 10.1. The molecule has 1 aromatic rings. The maximum Gasteiger partial charge on any atom is 0.109 e. The topological polar surface area (TPSA) is 33.4 Å². The maximum atomic E-state index is 10.1. The summed E-state index contributed by atoms with van der Waals surface area (Å²) in [4.78, 5) is 0. The molecule has 0 aliphatic rings. The molecule has 2 heteroatoms. The Labute approximate surface area is 85.9 Å². The summed E-state index contributed by atoms with van der Waals surface area (Å²) < 4.78 is 5.30. The molecule has 1 N–H and O–H groups in total. The molecule has 0 spiro atoms. The molecule has 2 unspecified atom stereocenters. The van der Waals surface area contributed by atoms with E-state index >= 15 is 0 Å². The smallest absolute Gasteiger partial charge is 0.109 e. The molecule has 0 amide bonds. The minimum Gasteiger partial charge on any atom is -0.469 e. The summed E-state index contributed by atoms with van der Waals surface area (Å²) in [5, 5.41) is 10.1. The number of hydrogen-bond donors (Lipinski definition) is 1. The first-order chi connectivity index (χ1) is 6.70. The number of aliphatic hydroxyl groups excluding tert-OH is 1. The number of aliphatic hydroxyl groups is 1. The molecule has 2 atom stereocenters. The molecule has 1 rings (SSSR count). The molecule has 80 valence electrons. The van der Waals surface area contributed by atoms with Crippen LogP contribution in [0.3, 0.4) is 0 Å². The molecule has 0 aromatic carbocycles. The third kappa shape index (κ3) is 2.38. The Balaban J connectivity index is 2.72. The van der Waals surface area contributed by atoms with Crippen LogP contribution in [0.1, 0.15) is 51.0 Å². The van der Waals surface area contributed by atoms with Crippen LogP contribution in [-0.4, -0.2) is 5.11 Å². The van der Waals surface area contributed by atoms with Gasteiger partial charge in [-0.2, -0.15) is 0 Å². The second-order valence-electron chi connectivity index (χ2n) is 3.86. The van der Waals surface area contributed by atoms with E-state index in [4.69, 9.17) is 4.42 Å². The summed E-state index contributed by atoms with van der Waals surface area (Å²) in [6.07, 6.45) is 4.30. The van der Waals surface area contributed by atoms with Gasteiger partial charge < -0.3 is 9.52 Å². The number of hydrogen-bond acceptors (Lipinski definition) is 2. The molecule has 0 fully saturated rings. The fourth-order valence-corrected chi connectivity index (χ4v) is 1.82. The van der Waals surface area contributed by atoms with Crippen LogP contribution in [0, 0.1) is 5.92 Å². The average molecular weight is 196 g/mol. The standard InChI is InChI=1S/C12H20O2/c1-4-6-9(3)12(13)10-7-8-14-11(10)5-2/h7-9,12-13H,4-6H2,1-3H3. The average Bonchev–Trinajstić information content (AvgIpc) is 2.64. The van der Waals surface area contributed by atoms with Crippen LogP contribution in [0.5, 0.6) is 0 Å². The fraction of sp³-hybridized carbons (Fsp3) is 0.667. The predicted molar refractivity (Wildman–Crippen MR) is 57.1 cm³/mol. The van der Waals surface area contributed by atoms with Crippen LogP contribution < -0.4 is 0 Å². The van der Waals surface area contributed by atoms with Gasteiger partial charge in [-0.3, -0.25) is 0 Å². The van der Waals surface area contributed by atoms with Crippen molar-refractivity contribution in [2.24, 2.45) is 5.92 Å². The van der Waals surface area contributed by atoms with E-state index in [1.807, 2.05) is 13.0 Å². The second kappa shape index (κ2) is 5.20. The highest BCUT2D eigenvalue weighted by Gasteiger charge is 2.19. The van der Waals surface area contributed by atoms with Gasteiger partial charge in [0, 0.05) is 12.0 Å². The summed E-state index contributed by atoms with van der Waals surface area (Å²) >= 11 is 0. The van der Waals surface area contributed by atoms with Crippen LogP contribution in [0.2, 0.25) is 0 Å². The van der Waals surface area contributed by atoms with Crippen molar-refractivity contribution in [1.29, 1.82) is 0 Å². The molecular formula is C12H20O2. The van der Waals surface area contributed by atoms with Gasteiger partial charge in [0.2, 0.25) is 0 Å². The first-order valence-corrected chi connectivity index (χ1v) is 5.45. The zero-order chi connectivity index (χ0) is 10.6. The van der Waals surface area contributed by atoms with Gasteiger partial charge in [-0.15, -0.1) is 0 Å². The highest BCUT2D eigenvalue weighted by atomic mass is 16.3. The lowest BCUT2D eigenvalue weighted by Gasteiger charge is -2.17. The lowest BCUT2D eigenvalue weighted by molar-refractivity contribution is 0.110. The summed E-state index contributed by atoms with van der Waals surface area (Å²) in [6.45, 7) is 6.26. The Morgan fingerprint density at radius 1 is 1.43 bits per heavy atom. The SMILES string of the molecule is CCCC(C)C(O)c1ccoc1CC. The molecule has 1 aromatic heterocycles. The number of furan rings is 1. The molecule has 0 aliphatic carbocycles. The third-order valence-electron chi connectivity index (χ3n) is 2.70. The van der Waals surface area contributed by atoms with Crippen molar-refractivity contribution >= 4 is 0 Å². The molecule has 2 nitrogen and oxygen atoms in total. The van der Waals surface area contributed by atoms with Crippen LogP contribution >= 0.6 is 0 Å². The van der Waals surface area contributed by atoms with Crippen LogP contribution in [0.4, 0.5) is 0 Å². The highest BCUT2D eigenvalue weighted by Crippen LogP contribution is 2.28. The minimum absolute atomic E-state index is 0.308. The van der Waals surface area contributed by atoms with Gasteiger partial charge in [0.25, 0.3) is 0 Å². The van der Waals surface area contributed by atoms with E-state index in [2.05, 4.69) is 13.8 Å². The highest BCUT2D eigenvalue weighted by molar-refractivity contribution is 5.20. The lowest BCUT2D eigenvalue weighted by atomic mass is 9.93. The molecule has 0 bridgehead atoms. The molecule has 0 saturated carbocycles. The normalized spacial score (nSPS) is 15.4. The van der Waals surface area contributed by atoms with Gasteiger partial charge >= 0.3 is 0 Å². The zero-order valence-electron chi connectivity index (χ0n) is 9.29. The van der Waals surface area contributed by atoms with E-state index < -0.39 is 0 Å². The Hall–Kier alpha value is -0.760. The van der Waals surface area contributed by atoms with Crippen molar-refractivity contribution in [3.8, 4) is 0 Å². The van der Waals surface area contributed by atoms with E-state index in [-0.39, 0.29) is 6.10 Å². The predicted octanol–water partition coefficient (Wildman–Crippen LogP) is 3.31. The molecular weight excluding hydrogens is 176 g/mol. The van der Waals surface area contributed by atoms with Gasteiger partial charge in [0.05, 0.1) is 12.4 Å². The quantitative estimate of drug-likeness (QED) is 0.783. The zero-order valence-corrected chi connectivity index (χ0v) is 9.29. The van der Waals surface area contributed by atoms with Crippen molar-refractivity contribution in [3.63, 3.8) is 0 Å². The molecule has 0 aliphatic heterocycles. The Kier molecular flexibility index (Phi) is 4.21. The van der Waals surface area contributed by atoms with Crippen molar-refractivity contribution in [2.45, 2.75) is 46.1 Å². The molecule has 0 radical (unpaired) electrons. The van der Waals surface area contributed by atoms with E-state index in [9.17, 15) is 5.11 Å². The van der Waals surface area contributed by atoms with Gasteiger partial charge in [-0.1, -0.05) is 27.2 Å². The van der Waals surface area contributed by atoms with Gasteiger partial charge in [0.15, 0.2) is 0 Å². The van der Waals surface area contributed by atoms with Gasteiger partial charge in [0.1, 0.15) is 5.76 Å². The summed E-state index contributed by atoms with van der Waals surface area (Å²) in [5.74, 6) is 1.23. The summed E-state index contributed by atoms with van der Waals surface area (Å²) in [6, 6.07) is 1.88. The van der Waals surface area contributed by atoms with Crippen LogP contribution in [0.25, 0.3) is 0 Å². The van der Waals surface area contributed by atoms with Crippen molar-refractivity contribution < 1.29 is 9.52 Å². The lowest BCUT2D eigenvalue weighted by Crippen LogP contribution is -2.09. The van der Waals surface area contributed by atoms with Crippen LogP contribution in [0.15, 0.2) is 16.7 Å². The second-order valence-corrected chi connectivity index (χ2v) is 3.86. The van der Waals surface area contributed by atoms with Crippen molar-refractivity contribution in [1.82, 2.24) is 0 Å².